The largest absolute Gasteiger partial charge is 0.309 e. The molecule has 14 rings (SSSR count). The van der Waals surface area contributed by atoms with Gasteiger partial charge in [-0.2, -0.15) is 0 Å². The quantitative estimate of drug-likeness (QED) is 0.177. The molecule has 0 atom stereocenters. The van der Waals surface area contributed by atoms with Crippen LogP contribution in [-0.2, 0) is 0 Å². The van der Waals surface area contributed by atoms with Crippen molar-refractivity contribution >= 4 is 109 Å². The Labute approximate surface area is 313 Å². The third kappa shape index (κ3) is 3.33. The molecule has 0 saturated carbocycles. The van der Waals surface area contributed by atoms with Crippen molar-refractivity contribution in [1.29, 1.82) is 0 Å². The molecule has 0 saturated heterocycles. The Morgan fingerprint density at radius 1 is 0.364 bits per heavy atom. The minimum atomic E-state index is 1.00. The highest BCUT2D eigenvalue weighted by atomic mass is 15.0. The highest BCUT2D eigenvalue weighted by Gasteiger charge is 2.26. The lowest BCUT2D eigenvalue weighted by Crippen LogP contribution is -1.93. The summed E-state index contributed by atoms with van der Waals surface area (Å²) in [6.45, 7) is 0. The lowest BCUT2D eigenvalue weighted by atomic mass is 9.97. The topological polar surface area (TPSA) is 26.6 Å². The summed E-state index contributed by atoms with van der Waals surface area (Å²) in [4.78, 5) is 5.71. The molecule has 4 nitrogen and oxygen atoms in total. The molecule has 0 amide bonds. The van der Waals surface area contributed by atoms with Crippen molar-refractivity contribution in [3.8, 4) is 16.8 Å². The zero-order valence-corrected chi connectivity index (χ0v) is 29.5. The minimum absolute atomic E-state index is 1.00. The molecule has 55 heavy (non-hydrogen) atoms. The normalized spacial score (nSPS) is 12.7. The summed E-state index contributed by atoms with van der Waals surface area (Å²) in [5, 5.41) is 13.7. The predicted molar refractivity (Wildman–Crippen MR) is 231 cm³/mol. The number of para-hydroxylation sites is 5. The maximum atomic E-state index is 5.71. The zero-order valence-electron chi connectivity index (χ0n) is 29.5. The van der Waals surface area contributed by atoms with Gasteiger partial charge in [0.2, 0.25) is 0 Å². The van der Waals surface area contributed by atoms with E-state index >= 15 is 0 Å². The number of nitrogens with zero attached hydrogens (tertiary/aromatic N) is 4. The SMILES string of the molecule is c1ccc(-n2c3ccccc3c3cc(-c4cccc5c6c7ccccc7cc7c8cc9c(nc8n(c45)c76)c4cccc5c6ccccc6n9c54)ccc32)cc1. The molecule has 6 aromatic heterocycles. The van der Waals surface area contributed by atoms with Crippen LogP contribution in [0.2, 0.25) is 0 Å². The fourth-order valence-corrected chi connectivity index (χ4v) is 10.3. The van der Waals surface area contributed by atoms with Gasteiger partial charge in [-0.05, 0) is 64.9 Å². The van der Waals surface area contributed by atoms with Crippen molar-refractivity contribution in [3.63, 3.8) is 0 Å². The summed E-state index contributed by atoms with van der Waals surface area (Å²) in [7, 11) is 0. The molecule has 0 N–H and O–H groups in total. The standard InChI is InChI=1S/C51H28N4/c1-2-13-31(14-3-1)53-42-22-8-7-17-35(42)39-26-30(24-25-44(39)53)33-18-10-20-37-46-32-15-5-4-12-29(32)27-40-41-28-45-47(52-51(41)55(48(33)37)50(40)46)38-21-11-19-36-34-16-6-9-23-43(34)54(45)49(36)38/h1-28H. The molecule has 8 aromatic carbocycles. The van der Waals surface area contributed by atoms with Gasteiger partial charge in [0.1, 0.15) is 5.65 Å². The molecule has 0 radical (unpaired) electrons. The maximum Gasteiger partial charge on any atom is 0.146 e. The van der Waals surface area contributed by atoms with Gasteiger partial charge in [0.15, 0.2) is 0 Å². The summed E-state index contributed by atoms with van der Waals surface area (Å²) in [5.41, 5.74) is 14.1. The van der Waals surface area contributed by atoms with Crippen LogP contribution in [0.15, 0.2) is 170 Å². The van der Waals surface area contributed by atoms with E-state index in [0.29, 0.717) is 0 Å². The van der Waals surface area contributed by atoms with Gasteiger partial charge < -0.3 is 8.97 Å². The van der Waals surface area contributed by atoms with Gasteiger partial charge in [0.05, 0.1) is 44.1 Å². The molecule has 0 fully saturated rings. The summed E-state index contributed by atoms with van der Waals surface area (Å²) < 4.78 is 7.32. The number of pyridine rings is 1. The molecule has 0 spiro atoms. The summed E-state index contributed by atoms with van der Waals surface area (Å²) in [6, 6.07) is 62.5. The smallest absolute Gasteiger partial charge is 0.146 e. The second-order valence-electron chi connectivity index (χ2n) is 15.1. The number of fused-ring (bicyclic) bond motifs is 17. The van der Waals surface area contributed by atoms with Crippen molar-refractivity contribution in [3.05, 3.63) is 170 Å². The van der Waals surface area contributed by atoms with E-state index in [1.54, 1.807) is 0 Å². The monoisotopic (exact) mass is 696 g/mol. The van der Waals surface area contributed by atoms with Crippen molar-refractivity contribution < 1.29 is 0 Å². The molecule has 0 aliphatic heterocycles. The number of hydrogen-bond donors (Lipinski definition) is 0. The van der Waals surface area contributed by atoms with Gasteiger partial charge in [-0.3, -0.25) is 4.40 Å². The summed E-state index contributed by atoms with van der Waals surface area (Å²) in [6.07, 6.45) is 0. The first-order valence-electron chi connectivity index (χ1n) is 19.0. The van der Waals surface area contributed by atoms with Crippen molar-refractivity contribution in [1.82, 2.24) is 18.4 Å². The Bertz CT molecular complexity index is 3940. The van der Waals surface area contributed by atoms with E-state index < -0.39 is 0 Å². The average Bonchev–Trinajstić information content (AvgIpc) is 4.03. The van der Waals surface area contributed by atoms with Crippen molar-refractivity contribution in [2.75, 3.05) is 0 Å². The highest BCUT2D eigenvalue weighted by Crippen LogP contribution is 2.47. The lowest BCUT2D eigenvalue weighted by molar-refractivity contribution is 1.18. The second-order valence-corrected chi connectivity index (χ2v) is 15.1. The Hall–Kier alpha value is -7.43. The molecule has 0 bridgehead atoms. The van der Waals surface area contributed by atoms with Gasteiger partial charge in [-0.25, -0.2) is 4.98 Å². The predicted octanol–water partition coefficient (Wildman–Crippen LogP) is 13.3. The number of aromatic nitrogens is 4. The van der Waals surface area contributed by atoms with E-state index in [1.807, 2.05) is 0 Å². The Morgan fingerprint density at radius 3 is 1.95 bits per heavy atom. The Kier molecular flexibility index (Phi) is 4.99. The van der Waals surface area contributed by atoms with Crippen LogP contribution in [0.1, 0.15) is 0 Å². The summed E-state index contributed by atoms with van der Waals surface area (Å²) >= 11 is 0. The van der Waals surface area contributed by atoms with Gasteiger partial charge >= 0.3 is 0 Å². The third-order valence-electron chi connectivity index (χ3n) is 12.4. The fourth-order valence-electron chi connectivity index (χ4n) is 10.3. The first kappa shape index (κ1) is 28.1. The van der Waals surface area contributed by atoms with Crippen LogP contribution >= 0.6 is 0 Å². The van der Waals surface area contributed by atoms with Gasteiger partial charge in [-0.1, -0.05) is 121 Å². The van der Waals surface area contributed by atoms with E-state index in [9.17, 15) is 0 Å². The van der Waals surface area contributed by atoms with E-state index in [2.05, 4.69) is 183 Å². The molecule has 252 valence electrons. The average molecular weight is 697 g/mol. The first-order chi connectivity index (χ1) is 27.3. The van der Waals surface area contributed by atoms with Crippen molar-refractivity contribution in [2.24, 2.45) is 0 Å². The molecule has 0 unspecified atom stereocenters. The van der Waals surface area contributed by atoms with Gasteiger partial charge in [0.25, 0.3) is 0 Å². The van der Waals surface area contributed by atoms with E-state index in [1.165, 1.54) is 109 Å². The Morgan fingerprint density at radius 2 is 1.05 bits per heavy atom. The maximum absolute atomic E-state index is 5.71. The minimum Gasteiger partial charge on any atom is -0.309 e. The third-order valence-corrected chi connectivity index (χ3v) is 12.4. The van der Waals surface area contributed by atoms with Gasteiger partial charge in [0, 0.05) is 59.7 Å². The molecule has 14 aromatic rings. The molecule has 0 aliphatic carbocycles. The molecule has 4 heteroatoms. The van der Waals surface area contributed by atoms with Crippen LogP contribution < -0.4 is 0 Å². The Balaban J connectivity index is 1.15. The van der Waals surface area contributed by atoms with E-state index in [-0.39, 0.29) is 0 Å². The van der Waals surface area contributed by atoms with Crippen LogP contribution in [0.25, 0.3) is 126 Å². The zero-order chi connectivity index (χ0) is 35.5. The van der Waals surface area contributed by atoms with Crippen molar-refractivity contribution in [2.45, 2.75) is 0 Å². The molecular formula is C51H28N4. The van der Waals surface area contributed by atoms with Crippen LogP contribution in [-0.4, -0.2) is 18.4 Å². The number of benzene rings is 8. The number of rotatable bonds is 2. The first-order valence-corrected chi connectivity index (χ1v) is 19.0. The van der Waals surface area contributed by atoms with Crippen LogP contribution in [0, 0.1) is 0 Å². The number of hydrogen-bond acceptors (Lipinski definition) is 1. The highest BCUT2D eigenvalue weighted by molar-refractivity contribution is 6.33. The molecule has 0 aliphatic rings. The van der Waals surface area contributed by atoms with E-state index in [0.717, 1.165) is 16.7 Å². The van der Waals surface area contributed by atoms with Gasteiger partial charge in [-0.15, -0.1) is 0 Å². The molecule has 6 heterocycles. The summed E-state index contributed by atoms with van der Waals surface area (Å²) in [5.74, 6) is 0. The second kappa shape index (κ2) is 9.75. The van der Waals surface area contributed by atoms with E-state index in [4.69, 9.17) is 4.98 Å². The lowest BCUT2D eigenvalue weighted by Gasteiger charge is -2.09. The van der Waals surface area contributed by atoms with Crippen LogP contribution in [0.4, 0.5) is 0 Å². The fraction of sp³-hybridized carbons (Fsp3) is 0. The van der Waals surface area contributed by atoms with Crippen LogP contribution in [0.5, 0.6) is 0 Å². The molecular weight excluding hydrogens is 669 g/mol. The van der Waals surface area contributed by atoms with Crippen LogP contribution in [0.3, 0.4) is 0 Å².